The maximum atomic E-state index is 12.7. The number of hydrogen-bond acceptors (Lipinski definition) is 4. The first-order valence-corrected chi connectivity index (χ1v) is 8.54. The molecule has 1 aliphatic rings. The Bertz CT molecular complexity index is 624. The number of carbonyl (C=O) groups excluding carboxylic acids is 3. The first-order valence-electron chi connectivity index (χ1n) is 8.54. The summed E-state index contributed by atoms with van der Waals surface area (Å²) in [5.41, 5.74) is 6.70. The lowest BCUT2D eigenvalue weighted by molar-refractivity contribution is -0.135. The zero-order valence-electron chi connectivity index (χ0n) is 15.1. The van der Waals surface area contributed by atoms with E-state index >= 15 is 0 Å². The zero-order chi connectivity index (χ0) is 18.4. The highest BCUT2D eigenvalue weighted by Gasteiger charge is 2.30. The van der Waals surface area contributed by atoms with Gasteiger partial charge in [-0.05, 0) is 11.5 Å². The van der Waals surface area contributed by atoms with Crippen molar-refractivity contribution >= 4 is 30.1 Å². The van der Waals surface area contributed by atoms with Crippen molar-refractivity contribution in [3.05, 3.63) is 35.9 Å². The fraction of sp³-hybridized carbons (Fsp3) is 0.500. The van der Waals surface area contributed by atoms with E-state index in [9.17, 15) is 14.4 Å². The van der Waals surface area contributed by atoms with Crippen LogP contribution in [0.3, 0.4) is 0 Å². The average Bonchev–Trinajstić information content (AvgIpc) is 2.81. The monoisotopic (exact) mass is 382 g/mol. The molecule has 7 nitrogen and oxygen atoms in total. The van der Waals surface area contributed by atoms with Crippen LogP contribution in [-0.4, -0.2) is 48.3 Å². The van der Waals surface area contributed by atoms with Crippen molar-refractivity contribution in [3.8, 4) is 0 Å². The summed E-state index contributed by atoms with van der Waals surface area (Å²) in [6.07, 6.45) is 0.204. The molecule has 3 amide bonds. The van der Waals surface area contributed by atoms with Crippen molar-refractivity contribution in [3.63, 3.8) is 0 Å². The minimum atomic E-state index is -0.648. The number of carbonyl (C=O) groups is 3. The first-order chi connectivity index (χ1) is 11.9. The number of nitrogens with zero attached hydrogens (tertiary/aromatic N) is 1. The van der Waals surface area contributed by atoms with E-state index in [1.165, 1.54) is 0 Å². The molecular weight excluding hydrogens is 356 g/mol. The Labute approximate surface area is 160 Å². The normalized spacial score (nSPS) is 18.4. The van der Waals surface area contributed by atoms with Crippen LogP contribution >= 0.6 is 12.4 Å². The summed E-state index contributed by atoms with van der Waals surface area (Å²) in [7, 11) is 0. The Hall–Kier alpha value is -2.12. The summed E-state index contributed by atoms with van der Waals surface area (Å²) in [5.74, 6) is -0.666. The van der Waals surface area contributed by atoms with Crippen molar-refractivity contribution in [2.24, 2.45) is 11.7 Å². The third-order valence-corrected chi connectivity index (χ3v) is 4.37. The van der Waals surface area contributed by atoms with Gasteiger partial charge in [0.05, 0.1) is 25.0 Å². The van der Waals surface area contributed by atoms with E-state index in [4.69, 9.17) is 5.73 Å². The highest BCUT2D eigenvalue weighted by atomic mass is 35.5. The first kappa shape index (κ1) is 21.9. The number of hydrogen-bond donors (Lipinski definition) is 3. The van der Waals surface area contributed by atoms with Gasteiger partial charge in [-0.2, -0.15) is 0 Å². The molecule has 1 aliphatic heterocycles. The van der Waals surface area contributed by atoms with E-state index in [0.717, 1.165) is 5.56 Å². The lowest BCUT2D eigenvalue weighted by Gasteiger charge is -2.30. The van der Waals surface area contributed by atoms with Gasteiger partial charge in [0.15, 0.2) is 0 Å². The molecule has 2 atom stereocenters. The number of benzene rings is 1. The lowest BCUT2D eigenvalue weighted by atomic mass is 10.0. The highest BCUT2D eigenvalue weighted by molar-refractivity contribution is 5.88. The fourth-order valence-corrected chi connectivity index (χ4v) is 2.79. The molecule has 8 heteroatoms. The Balaban J connectivity index is 0.00000338. The van der Waals surface area contributed by atoms with Crippen LogP contribution < -0.4 is 16.4 Å². The van der Waals surface area contributed by atoms with E-state index < -0.39 is 6.04 Å². The second-order valence-corrected chi connectivity index (χ2v) is 6.56. The van der Waals surface area contributed by atoms with Gasteiger partial charge >= 0.3 is 0 Å². The molecule has 2 rings (SSSR count). The molecule has 0 bridgehead atoms. The standard InChI is InChI=1S/C18H26N4O3.ClH/c1-12(2)17(19)18(25)21-11-16(24)22-9-8-20-15(23)10-14(22)13-6-4-3-5-7-13;/h3-7,12,14,17H,8-11,19H2,1-2H3,(H,20,23)(H,21,25);1H/t14?,17-;/m0./s1. The van der Waals surface area contributed by atoms with Crippen LogP contribution in [0, 0.1) is 5.92 Å². The van der Waals surface area contributed by atoms with E-state index in [-0.39, 0.29) is 55.1 Å². The number of halogens is 1. The smallest absolute Gasteiger partial charge is 0.242 e. The Kier molecular flexibility index (Phi) is 8.54. The number of nitrogens with two attached hydrogens (primary N) is 1. The largest absolute Gasteiger partial charge is 0.354 e. The lowest BCUT2D eigenvalue weighted by Crippen LogP contribution is -2.48. The zero-order valence-corrected chi connectivity index (χ0v) is 15.9. The SMILES string of the molecule is CC(C)[C@H](N)C(=O)NCC(=O)N1CCNC(=O)CC1c1ccccc1.Cl. The predicted molar refractivity (Wildman–Crippen MR) is 102 cm³/mol. The van der Waals surface area contributed by atoms with E-state index in [1.807, 2.05) is 44.2 Å². The predicted octanol–water partition coefficient (Wildman–Crippen LogP) is 0.598. The Morgan fingerprint density at radius 1 is 1.31 bits per heavy atom. The molecule has 1 unspecified atom stereocenters. The van der Waals surface area contributed by atoms with Gasteiger partial charge in [-0.3, -0.25) is 14.4 Å². The molecular formula is C18H27ClN4O3. The summed E-state index contributed by atoms with van der Waals surface area (Å²) < 4.78 is 0. The van der Waals surface area contributed by atoms with Crippen LogP contribution in [0.5, 0.6) is 0 Å². The second-order valence-electron chi connectivity index (χ2n) is 6.56. The van der Waals surface area contributed by atoms with Gasteiger partial charge in [-0.1, -0.05) is 44.2 Å². The molecule has 1 fully saturated rings. The van der Waals surface area contributed by atoms with Gasteiger partial charge in [-0.25, -0.2) is 0 Å². The van der Waals surface area contributed by atoms with Crippen molar-refractivity contribution in [1.29, 1.82) is 0 Å². The van der Waals surface area contributed by atoms with Gasteiger partial charge in [0.25, 0.3) is 0 Å². The second kappa shape index (κ2) is 10.1. The maximum Gasteiger partial charge on any atom is 0.242 e. The molecule has 26 heavy (non-hydrogen) atoms. The Morgan fingerprint density at radius 2 is 1.96 bits per heavy atom. The molecule has 4 N–H and O–H groups in total. The third-order valence-electron chi connectivity index (χ3n) is 4.37. The average molecular weight is 383 g/mol. The number of nitrogens with one attached hydrogen (secondary N) is 2. The minimum Gasteiger partial charge on any atom is -0.354 e. The van der Waals surface area contributed by atoms with Crippen LogP contribution in [0.15, 0.2) is 30.3 Å². The Morgan fingerprint density at radius 3 is 2.58 bits per heavy atom. The summed E-state index contributed by atoms with van der Waals surface area (Å²) >= 11 is 0. The van der Waals surface area contributed by atoms with Gasteiger partial charge in [0.2, 0.25) is 17.7 Å². The van der Waals surface area contributed by atoms with Crippen LogP contribution in [0.25, 0.3) is 0 Å². The van der Waals surface area contributed by atoms with E-state index in [2.05, 4.69) is 10.6 Å². The molecule has 0 aliphatic carbocycles. The summed E-state index contributed by atoms with van der Waals surface area (Å²) in [6, 6.07) is 8.46. The minimum absolute atomic E-state index is 0. The summed E-state index contributed by atoms with van der Waals surface area (Å²) in [5, 5.41) is 5.39. The van der Waals surface area contributed by atoms with Crippen molar-refractivity contribution in [1.82, 2.24) is 15.5 Å². The molecule has 144 valence electrons. The number of amides is 3. The summed E-state index contributed by atoms with van der Waals surface area (Å²) in [4.78, 5) is 38.2. The van der Waals surface area contributed by atoms with Crippen LogP contribution in [0.2, 0.25) is 0 Å². The van der Waals surface area contributed by atoms with Gasteiger partial charge in [0, 0.05) is 13.1 Å². The topological polar surface area (TPSA) is 105 Å². The third kappa shape index (κ3) is 5.71. The van der Waals surface area contributed by atoms with Gasteiger partial charge < -0.3 is 21.3 Å². The van der Waals surface area contributed by atoms with Crippen LogP contribution in [0.1, 0.15) is 31.9 Å². The molecule has 0 radical (unpaired) electrons. The molecule has 0 saturated carbocycles. The highest BCUT2D eigenvalue weighted by Crippen LogP contribution is 2.25. The molecule has 0 spiro atoms. The molecule has 1 aromatic rings. The van der Waals surface area contributed by atoms with Gasteiger partial charge in [0.1, 0.15) is 0 Å². The van der Waals surface area contributed by atoms with Crippen LogP contribution in [-0.2, 0) is 14.4 Å². The van der Waals surface area contributed by atoms with E-state index in [0.29, 0.717) is 13.1 Å². The number of rotatable bonds is 5. The summed E-state index contributed by atoms with van der Waals surface area (Å²) in [6.45, 7) is 4.37. The van der Waals surface area contributed by atoms with Crippen molar-refractivity contribution < 1.29 is 14.4 Å². The van der Waals surface area contributed by atoms with Crippen molar-refractivity contribution in [2.75, 3.05) is 19.6 Å². The van der Waals surface area contributed by atoms with Crippen molar-refractivity contribution in [2.45, 2.75) is 32.4 Å². The molecule has 1 heterocycles. The quantitative estimate of drug-likeness (QED) is 0.693. The molecule has 0 aromatic heterocycles. The molecule has 1 aromatic carbocycles. The molecule has 1 saturated heterocycles. The fourth-order valence-electron chi connectivity index (χ4n) is 2.79. The van der Waals surface area contributed by atoms with Crippen LogP contribution in [0.4, 0.5) is 0 Å². The van der Waals surface area contributed by atoms with E-state index in [1.54, 1.807) is 4.90 Å². The maximum absolute atomic E-state index is 12.7. The van der Waals surface area contributed by atoms with Gasteiger partial charge in [-0.15, -0.1) is 12.4 Å².